The molecule has 0 atom stereocenters. The van der Waals surface area contributed by atoms with Crippen LogP contribution >= 0.6 is 0 Å². The van der Waals surface area contributed by atoms with Crippen molar-refractivity contribution >= 4 is 58.7 Å². The highest BCUT2D eigenvalue weighted by atomic mass is 32.2. The van der Waals surface area contributed by atoms with Crippen LogP contribution in [0.3, 0.4) is 0 Å². The maximum atomic E-state index is 13.2. The Bertz CT molecular complexity index is 2340. The molecule has 3 aliphatic heterocycles. The van der Waals surface area contributed by atoms with Crippen molar-refractivity contribution in [1.82, 2.24) is 8.61 Å². The number of sulfonamides is 2. The largest absolute Gasteiger partial charge is 0.497 e. The summed E-state index contributed by atoms with van der Waals surface area (Å²) in [6.07, 6.45) is 1.41. The van der Waals surface area contributed by atoms with E-state index in [1.165, 1.54) is 0 Å². The second kappa shape index (κ2) is 17.7. The van der Waals surface area contributed by atoms with Gasteiger partial charge >= 0.3 is 0 Å². The Balaban J connectivity index is 0.000000194. The molecule has 0 aromatic heterocycles. The molecule has 0 saturated carbocycles. The number of carbonyl (C=O) groups excluding carboxylic acids is 2. The quantitative estimate of drug-likeness (QED) is 0.165. The molecular weight excluding hydrogens is 767 g/mol. The number of anilines is 3. The van der Waals surface area contributed by atoms with Crippen molar-refractivity contribution in [3.63, 3.8) is 0 Å². The van der Waals surface area contributed by atoms with Crippen LogP contribution in [0.1, 0.15) is 44.7 Å². The molecule has 57 heavy (non-hydrogen) atoms. The first-order chi connectivity index (χ1) is 27.4. The van der Waals surface area contributed by atoms with Crippen LogP contribution in [0.4, 0.5) is 17.1 Å². The molecule has 0 spiro atoms. The van der Waals surface area contributed by atoms with Crippen LogP contribution in [0, 0.1) is 0 Å². The number of nitrogens with zero attached hydrogens (tertiary/aromatic N) is 3. The molecule has 300 valence electrons. The summed E-state index contributed by atoms with van der Waals surface area (Å²) in [5.74, 6) is -0.396. The van der Waals surface area contributed by atoms with Crippen LogP contribution < -0.4 is 20.3 Å². The van der Waals surface area contributed by atoms with Crippen LogP contribution in [0.25, 0.3) is 9.81 Å². The number of amides is 2. The Morgan fingerprint density at radius 3 is 1.67 bits per heavy atom. The van der Waals surface area contributed by atoms with Crippen molar-refractivity contribution in [2.45, 2.75) is 39.7 Å². The molecule has 0 unspecified atom stereocenters. The van der Waals surface area contributed by atoms with Crippen molar-refractivity contribution in [2.75, 3.05) is 55.5 Å². The zero-order valence-corrected chi connectivity index (χ0v) is 34.0. The fourth-order valence-corrected chi connectivity index (χ4v) is 10.3. The lowest BCUT2D eigenvalue weighted by Gasteiger charge is -2.29. The minimum atomic E-state index is -3.95. The van der Waals surface area contributed by atoms with Gasteiger partial charge in [-0.1, -0.05) is 74.0 Å². The SMILES string of the molecule is CC(C)N1C(=O)C(Nc2ccc(N3CCOCC3)cc2)=C(c2ccccc2)S1(=O)=O.CCCCN1C(=O)C(Nc2ccc(OC)cc2)=C(c2ccccc2)S1(=O)=O. The van der Waals surface area contributed by atoms with Gasteiger partial charge in [-0.05, 0) is 79.9 Å². The first-order valence-corrected chi connectivity index (χ1v) is 21.6. The monoisotopic (exact) mass is 813 g/mol. The summed E-state index contributed by atoms with van der Waals surface area (Å²) in [4.78, 5) is 28.3. The number of nitrogens with one attached hydrogen (secondary N) is 2. The second-order valence-corrected chi connectivity index (χ2v) is 17.3. The van der Waals surface area contributed by atoms with Gasteiger partial charge in [0.05, 0.1) is 20.3 Å². The number of rotatable bonds is 12. The molecule has 3 heterocycles. The lowest BCUT2D eigenvalue weighted by atomic mass is 10.1. The van der Waals surface area contributed by atoms with Crippen molar-refractivity contribution in [3.8, 4) is 5.75 Å². The molecule has 0 aliphatic carbocycles. The molecule has 7 rings (SSSR count). The van der Waals surface area contributed by atoms with Gasteiger partial charge in [0, 0.05) is 42.7 Å². The molecule has 0 radical (unpaired) electrons. The third kappa shape index (κ3) is 8.70. The molecule has 2 N–H and O–H groups in total. The summed E-state index contributed by atoms with van der Waals surface area (Å²) in [6, 6.07) is 31.6. The third-order valence-electron chi connectivity index (χ3n) is 9.50. The van der Waals surface area contributed by atoms with Gasteiger partial charge < -0.3 is 25.0 Å². The van der Waals surface area contributed by atoms with Crippen molar-refractivity contribution in [1.29, 1.82) is 0 Å². The number of hydrogen-bond acceptors (Lipinski definition) is 11. The standard InChI is InChI=1S/C22H25N3O4S.C20H22N2O4S/c1-16(2)25-22(26)20(21(30(25,27)28)17-6-4-3-5-7-17)23-18-8-10-19(11-9-18)24-12-14-29-15-13-24;1-3-4-14-22-20(23)18(21-16-10-12-17(26-2)13-11-16)19(27(22,24)25)15-8-6-5-7-9-15/h3-11,16,23H,12-15H2,1-2H3;5-13,21H,3-4,14H2,1-2H3. The lowest BCUT2D eigenvalue weighted by molar-refractivity contribution is -0.123. The van der Waals surface area contributed by atoms with Crippen LogP contribution in [0.5, 0.6) is 5.75 Å². The second-order valence-electron chi connectivity index (χ2n) is 13.7. The number of hydrogen-bond donors (Lipinski definition) is 2. The molecule has 13 nitrogen and oxygen atoms in total. The average molecular weight is 814 g/mol. The molecule has 2 amide bonds. The zero-order chi connectivity index (χ0) is 40.7. The maximum absolute atomic E-state index is 13.2. The smallest absolute Gasteiger partial charge is 0.285 e. The van der Waals surface area contributed by atoms with E-state index in [4.69, 9.17) is 9.47 Å². The number of unbranched alkanes of at least 4 members (excludes halogenated alkanes) is 1. The molecule has 0 bridgehead atoms. The highest BCUT2D eigenvalue weighted by molar-refractivity contribution is 8.00. The predicted molar refractivity (Wildman–Crippen MR) is 223 cm³/mol. The summed E-state index contributed by atoms with van der Waals surface area (Å²) in [6.45, 7) is 8.56. The highest BCUT2D eigenvalue weighted by Crippen LogP contribution is 2.38. The average Bonchev–Trinajstić information content (AvgIpc) is 3.53. The van der Waals surface area contributed by atoms with Gasteiger partial charge in [0.25, 0.3) is 31.9 Å². The van der Waals surface area contributed by atoms with Crippen LogP contribution in [0.15, 0.2) is 121 Å². The Labute approximate surface area is 334 Å². The molecule has 1 saturated heterocycles. The summed E-state index contributed by atoms with van der Waals surface area (Å²) < 4.78 is 65.0. The topological polar surface area (TPSA) is 155 Å². The van der Waals surface area contributed by atoms with E-state index in [2.05, 4.69) is 15.5 Å². The van der Waals surface area contributed by atoms with E-state index in [1.807, 2.05) is 37.3 Å². The minimum absolute atomic E-state index is 0.0130. The fourth-order valence-electron chi connectivity index (χ4n) is 6.68. The van der Waals surface area contributed by atoms with Crippen molar-refractivity contribution in [3.05, 3.63) is 132 Å². The lowest BCUT2D eigenvalue weighted by Crippen LogP contribution is -2.38. The van der Waals surface area contributed by atoms with Gasteiger partial charge in [-0.15, -0.1) is 0 Å². The number of carbonyl (C=O) groups is 2. The normalized spacial score (nSPS) is 17.5. The molecule has 3 aliphatic rings. The van der Waals surface area contributed by atoms with Gasteiger partial charge in [-0.2, -0.15) is 0 Å². The van der Waals surface area contributed by atoms with Crippen LogP contribution in [-0.4, -0.2) is 83.3 Å². The van der Waals surface area contributed by atoms with Crippen LogP contribution in [0.2, 0.25) is 0 Å². The highest BCUT2D eigenvalue weighted by Gasteiger charge is 2.46. The molecular formula is C42H47N5O8S2. The Morgan fingerprint density at radius 1 is 0.684 bits per heavy atom. The molecule has 4 aromatic rings. The van der Waals surface area contributed by atoms with Gasteiger partial charge in [-0.25, -0.2) is 25.4 Å². The van der Waals surface area contributed by atoms with Gasteiger partial charge in [0.15, 0.2) is 0 Å². The third-order valence-corrected chi connectivity index (χ3v) is 13.4. The Kier molecular flexibility index (Phi) is 12.7. The van der Waals surface area contributed by atoms with Crippen molar-refractivity contribution in [2.24, 2.45) is 0 Å². The minimum Gasteiger partial charge on any atom is -0.497 e. The number of morpholine rings is 1. The van der Waals surface area contributed by atoms with E-state index in [0.717, 1.165) is 33.8 Å². The summed E-state index contributed by atoms with van der Waals surface area (Å²) in [7, 11) is -6.29. The summed E-state index contributed by atoms with van der Waals surface area (Å²) in [5, 5.41) is 6.08. The summed E-state index contributed by atoms with van der Waals surface area (Å²) >= 11 is 0. The maximum Gasteiger partial charge on any atom is 0.285 e. The number of ether oxygens (including phenoxy) is 2. The molecule has 4 aromatic carbocycles. The van der Waals surface area contributed by atoms with E-state index < -0.39 is 37.9 Å². The predicted octanol–water partition coefficient (Wildman–Crippen LogP) is 6.33. The van der Waals surface area contributed by atoms with E-state index in [9.17, 15) is 26.4 Å². The number of methoxy groups -OCH3 is 1. The van der Waals surface area contributed by atoms with Crippen molar-refractivity contribution < 1.29 is 35.9 Å². The Morgan fingerprint density at radius 2 is 1.18 bits per heavy atom. The van der Waals surface area contributed by atoms with E-state index in [0.29, 0.717) is 47.9 Å². The van der Waals surface area contributed by atoms with Crippen LogP contribution in [-0.2, 0) is 34.4 Å². The van der Waals surface area contributed by atoms with E-state index in [1.54, 1.807) is 99.8 Å². The molecule has 1 fully saturated rings. The van der Waals surface area contributed by atoms with E-state index >= 15 is 0 Å². The summed E-state index contributed by atoms with van der Waals surface area (Å²) in [5.41, 5.74) is 3.46. The first kappa shape index (κ1) is 41.0. The Hall–Kier alpha value is -5.64. The van der Waals surface area contributed by atoms with E-state index in [-0.39, 0.29) is 27.7 Å². The zero-order valence-electron chi connectivity index (χ0n) is 32.3. The van der Waals surface area contributed by atoms with Gasteiger partial charge in [-0.3, -0.25) is 9.59 Å². The number of benzene rings is 4. The molecule has 15 heteroatoms. The van der Waals surface area contributed by atoms with Gasteiger partial charge in [0.1, 0.15) is 27.0 Å². The first-order valence-electron chi connectivity index (χ1n) is 18.7. The fraction of sp³-hybridized carbons (Fsp3) is 0.286. The van der Waals surface area contributed by atoms with Gasteiger partial charge in [0.2, 0.25) is 0 Å².